The third kappa shape index (κ3) is 3.25. The van der Waals surface area contributed by atoms with E-state index < -0.39 is 6.10 Å². The van der Waals surface area contributed by atoms with Crippen LogP contribution in [0.25, 0.3) is 0 Å². The average molecular weight is 325 g/mol. The fourth-order valence-corrected chi connectivity index (χ4v) is 2.99. The molecule has 0 unspecified atom stereocenters. The lowest BCUT2D eigenvalue weighted by Gasteiger charge is -2.26. The Morgan fingerprint density at radius 3 is 3.04 bits per heavy atom. The Labute approximate surface area is 140 Å². The van der Waals surface area contributed by atoms with Crippen LogP contribution < -0.4 is 4.74 Å². The van der Waals surface area contributed by atoms with Crippen LogP contribution in [-0.2, 0) is 4.79 Å². The molecule has 1 fully saturated rings. The SMILES string of the molecule is Cc1cc([C@H]2CCCN2C(=O)[C@@H](C)Oc2cccc(C#N)c2)on1. The van der Waals surface area contributed by atoms with Gasteiger partial charge in [0.25, 0.3) is 5.91 Å². The zero-order valence-corrected chi connectivity index (χ0v) is 13.7. The van der Waals surface area contributed by atoms with Gasteiger partial charge in [-0.1, -0.05) is 11.2 Å². The second-order valence-corrected chi connectivity index (χ2v) is 5.96. The highest BCUT2D eigenvalue weighted by Gasteiger charge is 2.35. The first-order valence-corrected chi connectivity index (χ1v) is 7.99. The minimum absolute atomic E-state index is 0.0878. The molecule has 0 spiro atoms. The van der Waals surface area contributed by atoms with Crippen molar-refractivity contribution < 1.29 is 14.1 Å². The molecule has 1 aromatic heterocycles. The number of nitrogens with zero attached hydrogens (tertiary/aromatic N) is 3. The van der Waals surface area contributed by atoms with Gasteiger partial charge in [0.15, 0.2) is 11.9 Å². The minimum atomic E-state index is -0.636. The molecule has 0 bridgehead atoms. The molecule has 1 amide bonds. The molecule has 2 aromatic rings. The van der Waals surface area contributed by atoms with E-state index in [1.807, 2.05) is 13.0 Å². The molecule has 0 radical (unpaired) electrons. The number of carbonyl (C=O) groups excluding carboxylic acids is 1. The molecular weight excluding hydrogens is 306 g/mol. The summed E-state index contributed by atoms with van der Waals surface area (Å²) in [7, 11) is 0. The highest BCUT2D eigenvalue weighted by molar-refractivity contribution is 5.81. The summed E-state index contributed by atoms with van der Waals surface area (Å²) in [6.07, 6.45) is 1.15. The summed E-state index contributed by atoms with van der Waals surface area (Å²) in [5.41, 5.74) is 1.31. The summed E-state index contributed by atoms with van der Waals surface area (Å²) in [4.78, 5) is 14.6. The monoisotopic (exact) mass is 325 g/mol. The molecule has 1 saturated heterocycles. The molecule has 1 aliphatic rings. The highest BCUT2D eigenvalue weighted by atomic mass is 16.5. The van der Waals surface area contributed by atoms with E-state index in [2.05, 4.69) is 11.2 Å². The van der Waals surface area contributed by atoms with Crippen molar-refractivity contribution in [2.45, 2.75) is 38.8 Å². The Morgan fingerprint density at radius 2 is 2.33 bits per heavy atom. The van der Waals surface area contributed by atoms with Crippen LogP contribution in [0.5, 0.6) is 5.75 Å². The molecule has 124 valence electrons. The second kappa shape index (κ2) is 6.75. The number of likely N-dealkylation sites (tertiary alicyclic amines) is 1. The predicted molar refractivity (Wildman–Crippen MR) is 86.2 cm³/mol. The Morgan fingerprint density at radius 1 is 1.50 bits per heavy atom. The van der Waals surface area contributed by atoms with Gasteiger partial charge in [0, 0.05) is 12.6 Å². The Hall–Kier alpha value is -2.81. The van der Waals surface area contributed by atoms with Crippen molar-refractivity contribution in [1.29, 1.82) is 5.26 Å². The van der Waals surface area contributed by atoms with Gasteiger partial charge in [-0.25, -0.2) is 0 Å². The van der Waals surface area contributed by atoms with Gasteiger partial charge in [0.2, 0.25) is 0 Å². The van der Waals surface area contributed by atoms with Crippen molar-refractivity contribution in [3.63, 3.8) is 0 Å². The van der Waals surface area contributed by atoms with Crippen molar-refractivity contribution in [3.05, 3.63) is 47.3 Å². The van der Waals surface area contributed by atoms with Crippen LogP contribution in [-0.4, -0.2) is 28.6 Å². The van der Waals surface area contributed by atoms with Gasteiger partial charge in [-0.15, -0.1) is 0 Å². The highest BCUT2D eigenvalue weighted by Crippen LogP contribution is 2.33. The Kier molecular flexibility index (Phi) is 4.52. The third-order valence-corrected chi connectivity index (χ3v) is 4.13. The van der Waals surface area contributed by atoms with Gasteiger partial charge < -0.3 is 14.2 Å². The summed E-state index contributed by atoms with van der Waals surface area (Å²) in [6, 6.07) is 10.7. The van der Waals surface area contributed by atoms with Crippen LogP contribution in [0.1, 0.15) is 42.8 Å². The van der Waals surface area contributed by atoms with Crippen LogP contribution in [0, 0.1) is 18.3 Å². The molecule has 0 aliphatic carbocycles. The van der Waals surface area contributed by atoms with Crippen LogP contribution in [0.4, 0.5) is 0 Å². The molecule has 2 atom stereocenters. The maximum Gasteiger partial charge on any atom is 0.263 e. The zero-order chi connectivity index (χ0) is 17.1. The van der Waals surface area contributed by atoms with Crippen molar-refractivity contribution in [1.82, 2.24) is 10.1 Å². The van der Waals surface area contributed by atoms with E-state index in [0.29, 0.717) is 17.9 Å². The molecule has 6 heteroatoms. The molecule has 0 N–H and O–H groups in total. The van der Waals surface area contributed by atoms with Crippen molar-refractivity contribution in [2.75, 3.05) is 6.54 Å². The van der Waals surface area contributed by atoms with Crippen LogP contribution in [0.2, 0.25) is 0 Å². The largest absolute Gasteiger partial charge is 0.481 e. The number of hydrogen-bond acceptors (Lipinski definition) is 5. The molecule has 1 aromatic carbocycles. The van der Waals surface area contributed by atoms with Gasteiger partial charge in [-0.3, -0.25) is 4.79 Å². The van der Waals surface area contributed by atoms with Crippen LogP contribution in [0.3, 0.4) is 0 Å². The molecular formula is C18H19N3O3. The molecule has 1 aliphatic heterocycles. The lowest BCUT2D eigenvalue weighted by atomic mass is 10.1. The number of nitriles is 1. The number of benzene rings is 1. The molecule has 3 rings (SSSR count). The third-order valence-electron chi connectivity index (χ3n) is 4.13. The number of rotatable bonds is 4. The summed E-state index contributed by atoms with van der Waals surface area (Å²) < 4.78 is 11.1. The lowest BCUT2D eigenvalue weighted by Crippen LogP contribution is -2.40. The summed E-state index contributed by atoms with van der Waals surface area (Å²) in [5, 5.41) is 12.9. The van der Waals surface area contributed by atoms with E-state index in [1.54, 1.807) is 36.1 Å². The van der Waals surface area contributed by atoms with Gasteiger partial charge in [0.1, 0.15) is 5.75 Å². The topological polar surface area (TPSA) is 79.4 Å². The fourth-order valence-electron chi connectivity index (χ4n) is 2.99. The molecule has 6 nitrogen and oxygen atoms in total. The van der Waals surface area contributed by atoms with Crippen LogP contribution in [0.15, 0.2) is 34.9 Å². The first-order chi connectivity index (χ1) is 11.6. The van der Waals surface area contributed by atoms with Crippen molar-refractivity contribution >= 4 is 5.91 Å². The molecule has 2 heterocycles. The second-order valence-electron chi connectivity index (χ2n) is 5.96. The number of amides is 1. The van der Waals surface area contributed by atoms with Gasteiger partial charge in [-0.2, -0.15) is 5.26 Å². The van der Waals surface area contributed by atoms with E-state index >= 15 is 0 Å². The normalized spacial score (nSPS) is 18.2. The summed E-state index contributed by atoms with van der Waals surface area (Å²) >= 11 is 0. The molecule has 0 saturated carbocycles. The van der Waals surface area contributed by atoms with E-state index in [0.717, 1.165) is 24.3 Å². The van der Waals surface area contributed by atoms with E-state index in [1.165, 1.54) is 0 Å². The smallest absolute Gasteiger partial charge is 0.263 e. The van der Waals surface area contributed by atoms with Gasteiger partial charge in [0.05, 0.1) is 23.4 Å². The summed E-state index contributed by atoms with van der Waals surface area (Å²) in [5.74, 6) is 1.15. The fraction of sp³-hybridized carbons (Fsp3) is 0.389. The summed E-state index contributed by atoms with van der Waals surface area (Å²) in [6.45, 7) is 4.26. The van der Waals surface area contributed by atoms with E-state index in [9.17, 15) is 4.79 Å². The molecule has 24 heavy (non-hydrogen) atoms. The standard InChI is InChI=1S/C18H19N3O3/c1-12-9-17(24-20-12)16-7-4-8-21(16)18(22)13(2)23-15-6-3-5-14(10-15)11-19/h3,5-6,9-10,13,16H,4,7-8H2,1-2H3/t13-,16-/m1/s1. The number of aromatic nitrogens is 1. The number of carbonyl (C=O) groups is 1. The first-order valence-electron chi connectivity index (χ1n) is 7.99. The number of aryl methyl sites for hydroxylation is 1. The van der Waals surface area contributed by atoms with E-state index in [4.69, 9.17) is 14.5 Å². The number of hydrogen-bond donors (Lipinski definition) is 0. The Bertz CT molecular complexity index is 778. The van der Waals surface area contributed by atoms with E-state index in [-0.39, 0.29) is 11.9 Å². The maximum atomic E-state index is 12.8. The Balaban J connectivity index is 1.71. The van der Waals surface area contributed by atoms with Crippen LogP contribution >= 0.6 is 0 Å². The van der Waals surface area contributed by atoms with Crippen molar-refractivity contribution in [3.8, 4) is 11.8 Å². The minimum Gasteiger partial charge on any atom is -0.481 e. The number of ether oxygens (including phenoxy) is 1. The maximum absolute atomic E-state index is 12.8. The lowest BCUT2D eigenvalue weighted by molar-refractivity contribution is -0.139. The average Bonchev–Trinajstić information content (AvgIpc) is 3.22. The predicted octanol–water partition coefficient (Wildman–Crippen LogP) is 2.99. The van der Waals surface area contributed by atoms with Gasteiger partial charge >= 0.3 is 0 Å². The quantitative estimate of drug-likeness (QED) is 0.863. The van der Waals surface area contributed by atoms with Gasteiger partial charge in [-0.05, 0) is 44.9 Å². The van der Waals surface area contributed by atoms with Crippen molar-refractivity contribution in [2.24, 2.45) is 0 Å². The first kappa shape index (κ1) is 16.1. The zero-order valence-electron chi connectivity index (χ0n) is 13.7.